The molecular formula is C7H16N2. The van der Waals surface area contributed by atoms with Gasteiger partial charge in [0.15, 0.2) is 0 Å². The third kappa shape index (κ3) is 7.92. The number of nitrogens with zero attached hydrogens (tertiary/aromatic N) is 2. The molecule has 0 aliphatic carbocycles. The van der Waals surface area contributed by atoms with Crippen molar-refractivity contribution in [1.29, 1.82) is 0 Å². The summed E-state index contributed by atoms with van der Waals surface area (Å²) in [5.74, 6) is 0. The lowest BCUT2D eigenvalue weighted by atomic mass is 10.4. The molecule has 0 spiro atoms. The Hall–Kier alpha value is -0.0800. The molecule has 2 heteroatoms. The highest BCUT2D eigenvalue weighted by Gasteiger charge is 1.91. The molecule has 0 aromatic heterocycles. The normalized spacial score (nSPS) is 11.3. The summed E-state index contributed by atoms with van der Waals surface area (Å²) < 4.78 is 0. The SMILES string of the molecule is CN(C)C[C]CN(C)C. The highest BCUT2D eigenvalue weighted by atomic mass is 15.1. The predicted octanol–water partition coefficient (Wildman–Crippen LogP) is 0.191. The standard InChI is InChI=1S/C7H16N2/c1-8(2)6-5-7-9(3)4/h6-7H2,1-4H3. The van der Waals surface area contributed by atoms with Gasteiger partial charge in [0.05, 0.1) is 0 Å². The monoisotopic (exact) mass is 128 g/mol. The Morgan fingerprint density at radius 3 is 1.44 bits per heavy atom. The van der Waals surface area contributed by atoms with Crippen molar-refractivity contribution in [3.8, 4) is 0 Å². The molecular weight excluding hydrogens is 112 g/mol. The smallest absolute Gasteiger partial charge is 0.0132 e. The van der Waals surface area contributed by atoms with Crippen LogP contribution in [-0.2, 0) is 0 Å². The molecule has 0 aliphatic rings. The predicted molar refractivity (Wildman–Crippen MR) is 40.4 cm³/mol. The second-order valence-electron chi connectivity index (χ2n) is 2.73. The van der Waals surface area contributed by atoms with Crippen LogP contribution < -0.4 is 0 Å². The number of hydrogen-bond donors (Lipinski definition) is 0. The molecule has 0 heterocycles. The minimum absolute atomic E-state index is 0.943. The lowest BCUT2D eigenvalue weighted by Gasteiger charge is -2.11. The lowest BCUT2D eigenvalue weighted by molar-refractivity contribution is 0.391. The van der Waals surface area contributed by atoms with E-state index in [1.165, 1.54) is 0 Å². The van der Waals surface area contributed by atoms with E-state index < -0.39 is 0 Å². The van der Waals surface area contributed by atoms with E-state index >= 15 is 0 Å². The van der Waals surface area contributed by atoms with E-state index in [1.54, 1.807) is 0 Å². The average molecular weight is 128 g/mol. The average Bonchev–Trinajstić information content (AvgIpc) is 1.63. The fourth-order valence-electron chi connectivity index (χ4n) is 0.497. The van der Waals surface area contributed by atoms with Crippen molar-refractivity contribution in [2.24, 2.45) is 0 Å². The second-order valence-corrected chi connectivity index (χ2v) is 2.73. The van der Waals surface area contributed by atoms with E-state index in [0.717, 1.165) is 13.1 Å². The molecule has 0 saturated heterocycles. The van der Waals surface area contributed by atoms with Crippen molar-refractivity contribution >= 4 is 0 Å². The Kier molecular flexibility index (Phi) is 4.72. The molecule has 0 aliphatic heterocycles. The molecule has 0 amide bonds. The first-order valence-corrected chi connectivity index (χ1v) is 3.13. The van der Waals surface area contributed by atoms with Crippen LogP contribution >= 0.6 is 0 Å². The Morgan fingerprint density at radius 1 is 0.889 bits per heavy atom. The molecule has 2 radical (unpaired) electrons. The zero-order chi connectivity index (χ0) is 7.28. The van der Waals surface area contributed by atoms with Crippen molar-refractivity contribution in [2.75, 3.05) is 41.3 Å². The van der Waals surface area contributed by atoms with E-state index in [9.17, 15) is 0 Å². The van der Waals surface area contributed by atoms with E-state index in [1.807, 2.05) is 28.2 Å². The van der Waals surface area contributed by atoms with Crippen LogP contribution in [-0.4, -0.2) is 51.1 Å². The van der Waals surface area contributed by atoms with Gasteiger partial charge in [-0.1, -0.05) is 0 Å². The molecule has 0 bridgehead atoms. The fourth-order valence-corrected chi connectivity index (χ4v) is 0.497. The summed E-state index contributed by atoms with van der Waals surface area (Å²) in [7, 11) is 8.18. The Balaban J connectivity index is 2.91. The van der Waals surface area contributed by atoms with Crippen LogP contribution in [0.15, 0.2) is 0 Å². The van der Waals surface area contributed by atoms with Gasteiger partial charge in [-0.2, -0.15) is 0 Å². The molecule has 0 aromatic rings. The van der Waals surface area contributed by atoms with Crippen molar-refractivity contribution < 1.29 is 0 Å². The minimum Gasteiger partial charge on any atom is -0.309 e. The number of hydrogen-bond acceptors (Lipinski definition) is 2. The van der Waals surface area contributed by atoms with Gasteiger partial charge in [0, 0.05) is 19.5 Å². The summed E-state index contributed by atoms with van der Waals surface area (Å²) in [6.45, 7) is 1.89. The van der Waals surface area contributed by atoms with Gasteiger partial charge in [0.1, 0.15) is 0 Å². The Morgan fingerprint density at radius 2 is 1.22 bits per heavy atom. The summed E-state index contributed by atoms with van der Waals surface area (Å²) >= 11 is 0. The summed E-state index contributed by atoms with van der Waals surface area (Å²) in [6, 6.07) is 0. The van der Waals surface area contributed by atoms with Gasteiger partial charge in [0.2, 0.25) is 0 Å². The van der Waals surface area contributed by atoms with Crippen LogP contribution in [0, 0.1) is 6.42 Å². The van der Waals surface area contributed by atoms with E-state index in [-0.39, 0.29) is 0 Å². The molecule has 54 valence electrons. The largest absolute Gasteiger partial charge is 0.309 e. The highest BCUT2D eigenvalue weighted by molar-refractivity contribution is 4.69. The molecule has 0 aromatic carbocycles. The summed E-state index contributed by atoms with van der Waals surface area (Å²) in [5, 5.41) is 0. The van der Waals surface area contributed by atoms with Gasteiger partial charge in [0.25, 0.3) is 0 Å². The van der Waals surface area contributed by atoms with Gasteiger partial charge >= 0.3 is 0 Å². The molecule has 0 unspecified atom stereocenters. The Labute approximate surface area is 58.4 Å². The molecule has 0 fully saturated rings. The molecule has 0 atom stereocenters. The van der Waals surface area contributed by atoms with Gasteiger partial charge in [-0.05, 0) is 28.2 Å². The van der Waals surface area contributed by atoms with Crippen LogP contribution in [0.4, 0.5) is 0 Å². The van der Waals surface area contributed by atoms with E-state index in [4.69, 9.17) is 0 Å². The van der Waals surface area contributed by atoms with Gasteiger partial charge in [-0.15, -0.1) is 0 Å². The topological polar surface area (TPSA) is 6.48 Å². The van der Waals surface area contributed by atoms with Crippen LogP contribution in [0.25, 0.3) is 0 Å². The maximum atomic E-state index is 3.24. The molecule has 0 N–H and O–H groups in total. The van der Waals surface area contributed by atoms with Crippen LogP contribution in [0.5, 0.6) is 0 Å². The fraction of sp³-hybridized carbons (Fsp3) is 0.857. The van der Waals surface area contributed by atoms with E-state index in [0.29, 0.717) is 0 Å². The molecule has 0 saturated carbocycles. The van der Waals surface area contributed by atoms with E-state index in [2.05, 4.69) is 16.2 Å². The maximum Gasteiger partial charge on any atom is 0.0132 e. The summed E-state index contributed by atoms with van der Waals surface area (Å²) in [5.41, 5.74) is 0. The quantitative estimate of drug-likeness (QED) is 0.533. The first-order valence-electron chi connectivity index (χ1n) is 3.13. The summed E-state index contributed by atoms with van der Waals surface area (Å²) in [6.07, 6.45) is 3.24. The van der Waals surface area contributed by atoms with Crippen molar-refractivity contribution in [1.82, 2.24) is 9.80 Å². The summed E-state index contributed by atoms with van der Waals surface area (Å²) in [4.78, 5) is 4.20. The van der Waals surface area contributed by atoms with Crippen molar-refractivity contribution in [2.45, 2.75) is 0 Å². The van der Waals surface area contributed by atoms with Gasteiger partial charge in [-0.25, -0.2) is 0 Å². The van der Waals surface area contributed by atoms with Crippen molar-refractivity contribution in [3.05, 3.63) is 6.42 Å². The molecule has 9 heavy (non-hydrogen) atoms. The van der Waals surface area contributed by atoms with Crippen LogP contribution in [0.2, 0.25) is 0 Å². The molecule has 2 nitrogen and oxygen atoms in total. The van der Waals surface area contributed by atoms with Gasteiger partial charge in [-0.3, -0.25) is 0 Å². The third-order valence-electron chi connectivity index (χ3n) is 0.856. The minimum atomic E-state index is 0.943. The molecule has 0 rings (SSSR count). The van der Waals surface area contributed by atoms with Crippen LogP contribution in [0.1, 0.15) is 0 Å². The third-order valence-corrected chi connectivity index (χ3v) is 0.856. The Bertz CT molecular complexity index is 51.9. The zero-order valence-corrected chi connectivity index (χ0v) is 6.81. The first-order chi connectivity index (χ1) is 4.13. The second kappa shape index (κ2) is 4.77. The van der Waals surface area contributed by atoms with Gasteiger partial charge < -0.3 is 9.80 Å². The zero-order valence-electron chi connectivity index (χ0n) is 6.81. The van der Waals surface area contributed by atoms with Crippen LogP contribution in [0.3, 0.4) is 0 Å². The van der Waals surface area contributed by atoms with Crippen molar-refractivity contribution in [3.63, 3.8) is 0 Å². The first kappa shape index (κ1) is 8.92. The lowest BCUT2D eigenvalue weighted by Crippen LogP contribution is -2.20. The number of rotatable bonds is 4. The highest BCUT2D eigenvalue weighted by Crippen LogP contribution is 1.82. The maximum absolute atomic E-state index is 3.24.